The second-order valence-corrected chi connectivity index (χ2v) is 13.1. The Morgan fingerprint density at radius 2 is 1.75 bits per heavy atom. The highest BCUT2D eigenvalue weighted by molar-refractivity contribution is 7.86. The molecule has 3 atom stereocenters. The van der Waals surface area contributed by atoms with Gasteiger partial charge in [0.2, 0.25) is 0 Å². The maximum absolute atomic E-state index is 13.8. The molecule has 3 aromatic carbocycles. The van der Waals surface area contributed by atoms with Gasteiger partial charge in [-0.15, -0.1) is 0 Å². The summed E-state index contributed by atoms with van der Waals surface area (Å²) in [5.74, 6) is 0.0425. The molecule has 3 fully saturated rings. The molecule has 2 saturated heterocycles. The Kier molecular flexibility index (Phi) is 7.02. The summed E-state index contributed by atoms with van der Waals surface area (Å²) in [6, 6.07) is 20.6. The number of ether oxygens (including phenoxy) is 1. The molecule has 40 heavy (non-hydrogen) atoms. The summed E-state index contributed by atoms with van der Waals surface area (Å²) in [5.41, 5.74) is 5.18. The normalized spacial score (nSPS) is 25.5. The molecule has 210 valence electrons. The summed E-state index contributed by atoms with van der Waals surface area (Å²) in [6.45, 7) is 3.88. The van der Waals surface area contributed by atoms with E-state index in [0.29, 0.717) is 44.6 Å². The quantitative estimate of drug-likeness (QED) is 0.370. The molecule has 0 radical (unpaired) electrons. The molecule has 0 aromatic heterocycles. The van der Waals surface area contributed by atoms with Crippen LogP contribution in [0.3, 0.4) is 0 Å². The smallest absolute Gasteiger partial charge is 0.282 e. The van der Waals surface area contributed by atoms with Crippen molar-refractivity contribution >= 4 is 27.8 Å². The van der Waals surface area contributed by atoms with Gasteiger partial charge in [-0.2, -0.15) is 17.0 Å². The van der Waals surface area contributed by atoms with E-state index in [1.165, 1.54) is 23.9 Å². The Morgan fingerprint density at radius 3 is 2.40 bits per heavy atom. The highest BCUT2D eigenvalue weighted by atomic mass is 32.2. The van der Waals surface area contributed by atoms with Gasteiger partial charge in [0.1, 0.15) is 5.82 Å². The van der Waals surface area contributed by atoms with Crippen LogP contribution in [0.15, 0.2) is 66.7 Å². The van der Waals surface area contributed by atoms with Gasteiger partial charge in [-0.05, 0) is 78.8 Å². The van der Waals surface area contributed by atoms with Gasteiger partial charge in [-0.25, -0.2) is 4.39 Å². The number of hydrogen-bond acceptors (Lipinski definition) is 5. The molecule has 0 bridgehead atoms. The average Bonchev–Trinajstić information content (AvgIpc) is 3.42. The molecule has 0 spiro atoms. The van der Waals surface area contributed by atoms with Crippen LogP contribution < -0.4 is 5.32 Å². The molecule has 0 amide bonds. The number of hydrogen-bond donors (Lipinski definition) is 2. The van der Waals surface area contributed by atoms with Crippen LogP contribution in [-0.2, 0) is 20.4 Å². The van der Waals surface area contributed by atoms with E-state index < -0.39 is 10.2 Å². The molecule has 1 saturated carbocycles. The van der Waals surface area contributed by atoms with Crippen LogP contribution >= 0.6 is 0 Å². The van der Waals surface area contributed by atoms with Crippen LogP contribution in [0, 0.1) is 24.1 Å². The van der Waals surface area contributed by atoms with Crippen molar-refractivity contribution in [1.82, 2.24) is 8.61 Å². The fraction of sp³-hybridized carbons (Fsp3) is 0.387. The van der Waals surface area contributed by atoms with Crippen LogP contribution in [0.5, 0.6) is 0 Å². The third kappa shape index (κ3) is 4.55. The largest absolute Gasteiger partial charge is 0.381 e. The van der Waals surface area contributed by atoms with Crippen molar-refractivity contribution in [3.05, 3.63) is 94.8 Å². The predicted molar refractivity (Wildman–Crippen MR) is 155 cm³/mol. The van der Waals surface area contributed by atoms with E-state index >= 15 is 0 Å². The predicted octanol–water partition coefficient (Wildman–Crippen LogP) is 5.20. The lowest BCUT2D eigenvalue weighted by molar-refractivity contribution is 0.0591. The molecule has 3 aromatic rings. The summed E-state index contributed by atoms with van der Waals surface area (Å²) in [5, 5.41) is 11.5. The van der Waals surface area contributed by atoms with Crippen LogP contribution in [-0.4, -0.2) is 62.6 Å². The van der Waals surface area contributed by atoms with Crippen molar-refractivity contribution in [2.75, 3.05) is 38.6 Å². The molecule has 0 unspecified atom stereocenters. The second-order valence-electron chi connectivity index (χ2n) is 11.2. The van der Waals surface area contributed by atoms with Crippen molar-refractivity contribution in [2.45, 2.75) is 37.2 Å². The van der Waals surface area contributed by atoms with Crippen molar-refractivity contribution < 1.29 is 17.5 Å². The number of aryl methyl sites for hydroxylation is 1. The van der Waals surface area contributed by atoms with Gasteiger partial charge in [-0.1, -0.05) is 30.3 Å². The first-order valence-electron chi connectivity index (χ1n) is 13.8. The number of nitrogens with zero attached hydrogens (tertiary/aromatic N) is 2. The minimum absolute atomic E-state index is 0.108. The van der Waals surface area contributed by atoms with E-state index in [1.54, 1.807) is 27.9 Å². The Morgan fingerprint density at radius 1 is 1.05 bits per heavy atom. The van der Waals surface area contributed by atoms with Gasteiger partial charge in [0, 0.05) is 67.8 Å². The molecule has 2 heterocycles. The summed E-state index contributed by atoms with van der Waals surface area (Å²) in [7, 11) is -1.92. The molecule has 6 rings (SSSR count). The van der Waals surface area contributed by atoms with Crippen molar-refractivity contribution in [3.63, 3.8) is 0 Å². The zero-order valence-electron chi connectivity index (χ0n) is 22.8. The molecule has 2 N–H and O–H groups in total. The number of fused-ring (bicyclic) bond motifs is 1. The highest BCUT2D eigenvalue weighted by Gasteiger charge is 2.71. The third-order valence-corrected chi connectivity index (χ3v) is 11.0. The topological polar surface area (TPSA) is 85.7 Å². The lowest BCUT2D eigenvalue weighted by atomic mass is 9.86. The molecule has 2 aliphatic heterocycles. The van der Waals surface area contributed by atoms with Gasteiger partial charge < -0.3 is 15.5 Å². The van der Waals surface area contributed by atoms with Gasteiger partial charge in [0.15, 0.2) is 0 Å². The van der Waals surface area contributed by atoms with E-state index in [9.17, 15) is 12.8 Å². The van der Waals surface area contributed by atoms with Crippen LogP contribution in [0.25, 0.3) is 0 Å². The second kappa shape index (κ2) is 10.4. The van der Waals surface area contributed by atoms with Crippen LogP contribution in [0.2, 0.25) is 0 Å². The number of nitrogens with one attached hydrogen (secondary N) is 2. The number of benzene rings is 3. The average molecular weight is 563 g/mol. The van der Waals surface area contributed by atoms with Crippen LogP contribution in [0.1, 0.15) is 41.0 Å². The zero-order valence-corrected chi connectivity index (χ0v) is 23.6. The number of piperidine rings is 2. The maximum atomic E-state index is 13.8. The Balaban J connectivity index is 1.34. The Bertz CT molecular complexity index is 1510. The highest BCUT2D eigenvalue weighted by Crippen LogP contribution is 2.70. The van der Waals surface area contributed by atoms with Gasteiger partial charge in [0.05, 0.1) is 6.10 Å². The summed E-state index contributed by atoms with van der Waals surface area (Å²) in [4.78, 5) is 0. The Hall–Kier alpha value is -3.11. The molecule has 9 heteroatoms. The first-order valence-corrected chi connectivity index (χ1v) is 15.2. The van der Waals surface area contributed by atoms with Gasteiger partial charge in [-0.3, -0.25) is 0 Å². The van der Waals surface area contributed by atoms with E-state index in [4.69, 9.17) is 10.1 Å². The van der Waals surface area contributed by atoms with Crippen LogP contribution in [0.4, 0.5) is 15.8 Å². The van der Waals surface area contributed by atoms with Crippen molar-refractivity contribution in [3.8, 4) is 0 Å². The lowest BCUT2D eigenvalue weighted by Crippen LogP contribution is -2.48. The van der Waals surface area contributed by atoms with Crippen molar-refractivity contribution in [2.24, 2.45) is 5.92 Å². The summed E-state index contributed by atoms with van der Waals surface area (Å²) < 4.78 is 49.8. The van der Waals surface area contributed by atoms with E-state index in [0.717, 1.165) is 22.5 Å². The standard InChI is InChI=1S/C31H35FN4O3S/c1-21-16-29(34-25-10-8-24(32)9-11-25)23(18-33)17-27(21)31-20-36(19-28(31)30(31)22-6-4-3-5-7-22)40(37,38)35-14-12-26(39-2)13-15-35/h3-11,16-18,26,28,30,33-34H,12-15,19-20H2,1-2H3/t28-,30-,31+/m1/s1. The minimum Gasteiger partial charge on any atom is -0.381 e. The van der Waals surface area contributed by atoms with E-state index in [2.05, 4.69) is 24.4 Å². The molecule has 1 aliphatic carbocycles. The monoisotopic (exact) mass is 562 g/mol. The fourth-order valence-corrected chi connectivity index (χ4v) is 8.73. The number of halogens is 1. The van der Waals surface area contributed by atoms with Crippen molar-refractivity contribution in [1.29, 1.82) is 5.41 Å². The number of anilines is 2. The first kappa shape index (κ1) is 27.1. The first-order chi connectivity index (χ1) is 19.3. The van der Waals surface area contributed by atoms with Gasteiger partial charge in [0.25, 0.3) is 10.2 Å². The number of rotatable bonds is 8. The molecular weight excluding hydrogens is 527 g/mol. The van der Waals surface area contributed by atoms with E-state index in [1.807, 2.05) is 30.3 Å². The SMILES string of the molecule is COC1CCN(S(=O)(=O)N2C[C@@H]3[C@@H](c4ccccc4)[C@]3(c3cc(C=N)c(Nc4ccc(F)cc4)cc3C)C2)CC1. The summed E-state index contributed by atoms with van der Waals surface area (Å²) in [6.07, 6.45) is 2.84. The Labute approximate surface area is 235 Å². The summed E-state index contributed by atoms with van der Waals surface area (Å²) >= 11 is 0. The molecular formula is C31H35FN4O3S. The van der Waals surface area contributed by atoms with Gasteiger partial charge >= 0.3 is 0 Å². The number of methoxy groups -OCH3 is 1. The van der Waals surface area contributed by atoms with E-state index in [-0.39, 0.29) is 29.2 Å². The minimum atomic E-state index is -3.61. The molecule has 7 nitrogen and oxygen atoms in total. The zero-order chi connectivity index (χ0) is 28.1. The lowest BCUT2D eigenvalue weighted by Gasteiger charge is -2.34. The maximum Gasteiger partial charge on any atom is 0.282 e. The third-order valence-electron chi connectivity index (χ3n) is 9.07. The fourth-order valence-electron chi connectivity index (χ4n) is 7.00. The molecule has 3 aliphatic rings.